The number of aryl methyl sites for hydroxylation is 1. The third kappa shape index (κ3) is 3.36. The van der Waals surface area contributed by atoms with E-state index in [1.165, 1.54) is 12.1 Å². The van der Waals surface area contributed by atoms with Crippen LogP contribution in [-0.4, -0.2) is 4.98 Å². The van der Waals surface area contributed by atoms with E-state index in [1.807, 2.05) is 18.3 Å². The van der Waals surface area contributed by atoms with E-state index in [9.17, 15) is 4.39 Å². The van der Waals surface area contributed by atoms with Crippen molar-refractivity contribution in [3.8, 4) is 0 Å². The maximum Gasteiger partial charge on any atom is 0.123 e. The number of benzene rings is 1. The molecule has 19 heavy (non-hydrogen) atoms. The largest absolute Gasteiger partial charge is 0.271 e. The molecule has 1 atom stereocenters. The molecule has 1 aromatic carbocycles. The Labute approximate surface area is 112 Å². The molecule has 0 amide bonds. The van der Waals surface area contributed by atoms with Gasteiger partial charge in [-0.3, -0.25) is 16.3 Å². The average molecular weight is 259 g/mol. The fourth-order valence-electron chi connectivity index (χ4n) is 2.23. The summed E-state index contributed by atoms with van der Waals surface area (Å²) in [6.45, 7) is 2.08. The summed E-state index contributed by atoms with van der Waals surface area (Å²) in [6.07, 6.45) is 5.14. The lowest BCUT2D eigenvalue weighted by atomic mass is 9.95. The highest BCUT2D eigenvalue weighted by atomic mass is 19.1. The fourth-order valence-corrected chi connectivity index (χ4v) is 2.23. The first-order valence-corrected chi connectivity index (χ1v) is 6.38. The fraction of sp³-hybridized carbons (Fsp3) is 0.267. The molecule has 1 aromatic heterocycles. The molecule has 0 saturated carbocycles. The number of hydrazine groups is 1. The van der Waals surface area contributed by atoms with Gasteiger partial charge in [0.1, 0.15) is 5.82 Å². The molecule has 0 fully saturated rings. The highest BCUT2D eigenvalue weighted by molar-refractivity contribution is 5.29. The summed E-state index contributed by atoms with van der Waals surface area (Å²) in [5, 5.41) is 0. The zero-order valence-electron chi connectivity index (χ0n) is 10.9. The first-order valence-electron chi connectivity index (χ1n) is 6.38. The smallest absolute Gasteiger partial charge is 0.123 e. The van der Waals surface area contributed by atoms with Crippen LogP contribution in [0.1, 0.15) is 29.7 Å². The Kier molecular flexibility index (Phi) is 4.60. The maximum absolute atomic E-state index is 13.2. The molecule has 0 aliphatic carbocycles. The molecule has 0 aliphatic heterocycles. The van der Waals surface area contributed by atoms with Gasteiger partial charge in [0.15, 0.2) is 0 Å². The van der Waals surface area contributed by atoms with E-state index >= 15 is 0 Å². The van der Waals surface area contributed by atoms with Crippen molar-refractivity contribution in [2.24, 2.45) is 5.84 Å². The second-order valence-electron chi connectivity index (χ2n) is 4.48. The van der Waals surface area contributed by atoms with Crippen molar-refractivity contribution in [3.05, 3.63) is 65.2 Å². The summed E-state index contributed by atoms with van der Waals surface area (Å²) < 4.78 is 13.2. The van der Waals surface area contributed by atoms with Crippen molar-refractivity contribution in [3.63, 3.8) is 0 Å². The van der Waals surface area contributed by atoms with Crippen LogP contribution in [-0.2, 0) is 12.8 Å². The van der Waals surface area contributed by atoms with Gasteiger partial charge in [0.25, 0.3) is 0 Å². The highest BCUT2D eigenvalue weighted by Gasteiger charge is 2.14. The number of pyridine rings is 1. The van der Waals surface area contributed by atoms with Gasteiger partial charge in [0, 0.05) is 12.4 Å². The van der Waals surface area contributed by atoms with E-state index in [4.69, 9.17) is 5.84 Å². The lowest BCUT2D eigenvalue weighted by Crippen LogP contribution is -2.30. The maximum atomic E-state index is 13.2. The third-order valence-electron chi connectivity index (χ3n) is 3.23. The molecular weight excluding hydrogens is 241 g/mol. The monoisotopic (exact) mass is 259 g/mol. The molecule has 1 unspecified atom stereocenters. The summed E-state index contributed by atoms with van der Waals surface area (Å²) in [4.78, 5) is 4.13. The Morgan fingerprint density at radius 3 is 2.89 bits per heavy atom. The minimum atomic E-state index is -0.223. The van der Waals surface area contributed by atoms with Crippen LogP contribution in [0.3, 0.4) is 0 Å². The molecule has 2 aromatic rings. The van der Waals surface area contributed by atoms with Gasteiger partial charge in [-0.15, -0.1) is 0 Å². The van der Waals surface area contributed by atoms with Gasteiger partial charge >= 0.3 is 0 Å². The van der Waals surface area contributed by atoms with E-state index < -0.39 is 0 Å². The summed E-state index contributed by atoms with van der Waals surface area (Å²) in [5.41, 5.74) is 6.00. The van der Waals surface area contributed by atoms with Crippen molar-refractivity contribution in [2.75, 3.05) is 0 Å². The molecule has 0 radical (unpaired) electrons. The Morgan fingerprint density at radius 2 is 2.21 bits per heavy atom. The van der Waals surface area contributed by atoms with Gasteiger partial charge in [0.05, 0.1) is 6.04 Å². The molecule has 2 rings (SSSR count). The van der Waals surface area contributed by atoms with Crippen LogP contribution in [0, 0.1) is 5.82 Å². The van der Waals surface area contributed by atoms with Gasteiger partial charge in [-0.1, -0.05) is 19.1 Å². The molecule has 4 heteroatoms. The van der Waals surface area contributed by atoms with E-state index in [-0.39, 0.29) is 11.9 Å². The zero-order valence-corrected chi connectivity index (χ0v) is 10.9. The van der Waals surface area contributed by atoms with Crippen LogP contribution < -0.4 is 11.3 Å². The first kappa shape index (κ1) is 13.6. The van der Waals surface area contributed by atoms with Gasteiger partial charge in [-0.2, -0.15) is 0 Å². The minimum Gasteiger partial charge on any atom is -0.271 e. The normalized spacial score (nSPS) is 12.4. The second-order valence-corrected chi connectivity index (χ2v) is 4.48. The molecule has 1 heterocycles. The van der Waals surface area contributed by atoms with E-state index in [0.717, 1.165) is 23.1 Å². The summed E-state index contributed by atoms with van der Waals surface area (Å²) >= 11 is 0. The number of hydrogen-bond donors (Lipinski definition) is 2. The van der Waals surface area contributed by atoms with E-state index in [2.05, 4.69) is 17.3 Å². The van der Waals surface area contributed by atoms with Crippen LogP contribution in [0.5, 0.6) is 0 Å². The molecule has 3 N–H and O–H groups in total. The average Bonchev–Trinajstić information content (AvgIpc) is 2.45. The topological polar surface area (TPSA) is 50.9 Å². The van der Waals surface area contributed by atoms with Crippen molar-refractivity contribution < 1.29 is 4.39 Å². The van der Waals surface area contributed by atoms with Crippen molar-refractivity contribution in [1.82, 2.24) is 10.4 Å². The summed E-state index contributed by atoms with van der Waals surface area (Å²) in [5.74, 6) is 5.43. The number of aromatic nitrogens is 1. The first-order chi connectivity index (χ1) is 9.24. The Balaban J connectivity index is 2.25. The summed E-state index contributed by atoms with van der Waals surface area (Å²) in [6, 6.07) is 8.52. The SMILES string of the molecule is CCc1cnccc1C(Cc1cccc(F)c1)NN. The molecule has 0 aliphatic rings. The number of nitrogens with zero attached hydrogens (tertiary/aromatic N) is 1. The quantitative estimate of drug-likeness (QED) is 0.641. The van der Waals surface area contributed by atoms with E-state index in [1.54, 1.807) is 12.3 Å². The van der Waals surface area contributed by atoms with Crippen molar-refractivity contribution in [1.29, 1.82) is 0 Å². The predicted molar refractivity (Wildman–Crippen MR) is 73.8 cm³/mol. The lowest BCUT2D eigenvalue weighted by molar-refractivity contribution is 0.544. The Hall–Kier alpha value is -1.78. The predicted octanol–water partition coefficient (Wildman–Crippen LogP) is 2.53. The standard InChI is InChI=1S/C15H18FN3/c1-2-12-10-18-7-6-14(12)15(19-17)9-11-4-3-5-13(16)8-11/h3-8,10,15,19H,2,9,17H2,1H3. The minimum absolute atomic E-state index is 0.0419. The Morgan fingerprint density at radius 1 is 1.37 bits per heavy atom. The number of nitrogens with one attached hydrogen (secondary N) is 1. The molecule has 3 nitrogen and oxygen atoms in total. The molecule has 100 valence electrons. The van der Waals surface area contributed by atoms with Crippen LogP contribution in [0.15, 0.2) is 42.7 Å². The van der Waals surface area contributed by atoms with Crippen LogP contribution in [0.4, 0.5) is 4.39 Å². The number of halogens is 1. The highest BCUT2D eigenvalue weighted by Crippen LogP contribution is 2.21. The lowest BCUT2D eigenvalue weighted by Gasteiger charge is -2.19. The van der Waals surface area contributed by atoms with Crippen LogP contribution >= 0.6 is 0 Å². The molecule has 0 saturated heterocycles. The van der Waals surface area contributed by atoms with E-state index in [0.29, 0.717) is 6.42 Å². The third-order valence-corrected chi connectivity index (χ3v) is 3.23. The molecular formula is C15H18FN3. The van der Waals surface area contributed by atoms with Crippen LogP contribution in [0.25, 0.3) is 0 Å². The molecule has 0 spiro atoms. The molecule has 0 bridgehead atoms. The van der Waals surface area contributed by atoms with Gasteiger partial charge in [-0.05, 0) is 47.7 Å². The second kappa shape index (κ2) is 6.41. The zero-order chi connectivity index (χ0) is 13.7. The number of rotatable bonds is 5. The van der Waals surface area contributed by atoms with Gasteiger partial charge in [0.2, 0.25) is 0 Å². The number of hydrogen-bond acceptors (Lipinski definition) is 3. The van der Waals surface area contributed by atoms with Crippen molar-refractivity contribution in [2.45, 2.75) is 25.8 Å². The van der Waals surface area contributed by atoms with Gasteiger partial charge < -0.3 is 0 Å². The summed E-state index contributed by atoms with van der Waals surface area (Å²) in [7, 11) is 0. The van der Waals surface area contributed by atoms with Crippen molar-refractivity contribution >= 4 is 0 Å². The Bertz CT molecular complexity index is 542. The number of nitrogens with two attached hydrogens (primary N) is 1. The van der Waals surface area contributed by atoms with Gasteiger partial charge in [-0.25, -0.2) is 4.39 Å². The van der Waals surface area contributed by atoms with Crippen LogP contribution in [0.2, 0.25) is 0 Å².